The fourth-order valence-electron chi connectivity index (χ4n) is 4.41. The van der Waals surface area contributed by atoms with E-state index < -0.39 is 0 Å². The molecule has 0 bridgehead atoms. The van der Waals surface area contributed by atoms with Gasteiger partial charge in [-0.15, -0.1) is 0 Å². The van der Waals surface area contributed by atoms with Gasteiger partial charge in [0, 0.05) is 54.2 Å². The van der Waals surface area contributed by atoms with Gasteiger partial charge in [0.1, 0.15) is 5.15 Å². The molecule has 2 fully saturated rings. The van der Waals surface area contributed by atoms with Gasteiger partial charge in [0.05, 0.1) is 22.6 Å². The number of piperidine rings is 1. The van der Waals surface area contributed by atoms with Crippen LogP contribution in [0, 0.1) is 5.41 Å². The van der Waals surface area contributed by atoms with Crippen LogP contribution in [0.25, 0.3) is 5.65 Å². The van der Waals surface area contributed by atoms with E-state index in [-0.39, 0.29) is 22.7 Å². The van der Waals surface area contributed by atoms with Gasteiger partial charge >= 0.3 is 0 Å². The molecule has 0 saturated carbocycles. The summed E-state index contributed by atoms with van der Waals surface area (Å²) in [5, 5.41) is 0.722. The van der Waals surface area contributed by atoms with Crippen LogP contribution in [0.1, 0.15) is 19.8 Å². The van der Waals surface area contributed by atoms with E-state index in [0.29, 0.717) is 5.02 Å². The molecule has 0 aromatic carbocycles. The van der Waals surface area contributed by atoms with Crippen LogP contribution >= 0.6 is 35.0 Å². The molecule has 3 aromatic rings. The van der Waals surface area contributed by atoms with E-state index in [1.54, 1.807) is 12.4 Å². The van der Waals surface area contributed by atoms with Crippen molar-refractivity contribution in [1.29, 1.82) is 0 Å². The topological polar surface area (TPSA) is 81.6 Å². The third-order valence-electron chi connectivity index (χ3n) is 6.29. The molecule has 0 amide bonds. The highest BCUT2D eigenvalue weighted by Gasteiger charge is 2.47. The molecule has 2 atom stereocenters. The Bertz CT molecular complexity index is 1080. The van der Waals surface area contributed by atoms with Gasteiger partial charge in [-0.1, -0.05) is 35.0 Å². The Kier molecular flexibility index (Phi) is 5.31. The lowest BCUT2D eigenvalue weighted by Gasteiger charge is -2.41. The predicted molar refractivity (Wildman–Crippen MR) is 119 cm³/mol. The van der Waals surface area contributed by atoms with Gasteiger partial charge in [-0.25, -0.2) is 15.0 Å². The molecule has 0 unspecified atom stereocenters. The first-order valence-corrected chi connectivity index (χ1v) is 11.5. The molecule has 2 aliphatic heterocycles. The minimum atomic E-state index is 0.0805. The van der Waals surface area contributed by atoms with E-state index in [1.807, 2.05) is 22.9 Å². The van der Waals surface area contributed by atoms with Gasteiger partial charge in [0.25, 0.3) is 0 Å². The Morgan fingerprint density at radius 2 is 1.97 bits per heavy atom. The second-order valence-corrected chi connectivity index (χ2v) is 9.77. The average molecular weight is 465 g/mol. The first kappa shape index (κ1) is 20.3. The number of hydrogen-bond donors (Lipinski definition) is 1. The summed E-state index contributed by atoms with van der Waals surface area (Å²) in [5.74, 6) is 0.890. The van der Waals surface area contributed by atoms with Gasteiger partial charge in [0.2, 0.25) is 5.95 Å². The first-order chi connectivity index (χ1) is 14.5. The number of rotatable bonds is 3. The summed E-state index contributed by atoms with van der Waals surface area (Å²) in [4.78, 5) is 17.4. The maximum Gasteiger partial charge on any atom is 0.211 e. The lowest BCUT2D eigenvalue weighted by Crippen LogP contribution is -2.51. The lowest BCUT2D eigenvalue weighted by molar-refractivity contribution is 0.0973. The third-order valence-corrected chi connectivity index (χ3v) is 8.24. The molecular weight excluding hydrogens is 443 g/mol. The molecule has 2 N–H and O–H groups in total. The zero-order valence-electron chi connectivity index (χ0n) is 16.5. The van der Waals surface area contributed by atoms with Crippen molar-refractivity contribution in [2.24, 2.45) is 11.1 Å². The van der Waals surface area contributed by atoms with Crippen LogP contribution in [-0.2, 0) is 4.74 Å². The zero-order valence-corrected chi connectivity index (χ0v) is 18.8. The molecule has 1 spiro atoms. The normalized spacial score (nSPS) is 23.5. The van der Waals surface area contributed by atoms with Crippen molar-refractivity contribution in [2.45, 2.75) is 41.7 Å². The van der Waals surface area contributed by atoms with Crippen molar-refractivity contribution in [2.75, 3.05) is 24.6 Å². The number of nitrogens with zero attached hydrogens (tertiary/aromatic N) is 5. The van der Waals surface area contributed by atoms with Crippen LogP contribution < -0.4 is 10.6 Å². The van der Waals surface area contributed by atoms with Gasteiger partial charge in [-0.2, -0.15) is 0 Å². The van der Waals surface area contributed by atoms with Gasteiger partial charge in [0.15, 0.2) is 5.65 Å². The van der Waals surface area contributed by atoms with Crippen LogP contribution in [0.15, 0.2) is 40.6 Å². The number of fused-ring (bicyclic) bond motifs is 1. The van der Waals surface area contributed by atoms with Gasteiger partial charge < -0.3 is 15.4 Å². The summed E-state index contributed by atoms with van der Waals surface area (Å²) in [7, 11) is 0. The quantitative estimate of drug-likeness (QED) is 0.588. The van der Waals surface area contributed by atoms with E-state index in [1.165, 1.54) is 11.8 Å². The summed E-state index contributed by atoms with van der Waals surface area (Å²) < 4.78 is 7.88. The number of anilines is 1. The van der Waals surface area contributed by atoms with E-state index in [0.717, 1.165) is 53.9 Å². The standard InChI is InChI=1S/C20H22Cl2N6OS/c1-12-16(23)20(11-29-12)3-7-27(8-4-20)19-26-10-14(18-25-6-9-28(18)19)30-13-2-5-24-17(22)15(13)21/h2,5-6,9-10,12,16H,3-4,7-8,11,23H2,1H3/t12-,16+/m0/s1. The van der Waals surface area contributed by atoms with Crippen LogP contribution in [0.3, 0.4) is 0 Å². The largest absolute Gasteiger partial charge is 0.376 e. The summed E-state index contributed by atoms with van der Waals surface area (Å²) in [6.07, 6.45) is 9.35. The monoisotopic (exact) mass is 464 g/mol. The Balaban J connectivity index is 1.40. The van der Waals surface area contributed by atoms with Gasteiger partial charge in [-0.05, 0) is 25.8 Å². The van der Waals surface area contributed by atoms with Crippen molar-refractivity contribution in [3.8, 4) is 0 Å². The number of ether oxygens (including phenoxy) is 1. The number of pyridine rings is 1. The number of imidazole rings is 1. The summed E-state index contributed by atoms with van der Waals surface area (Å²) >= 11 is 13.8. The fourth-order valence-corrected chi connectivity index (χ4v) is 5.76. The van der Waals surface area contributed by atoms with E-state index >= 15 is 0 Å². The number of hydrogen-bond acceptors (Lipinski definition) is 7. The van der Waals surface area contributed by atoms with E-state index in [2.05, 4.69) is 21.8 Å². The summed E-state index contributed by atoms with van der Waals surface area (Å²) in [6.45, 7) is 4.60. The van der Waals surface area contributed by atoms with E-state index in [9.17, 15) is 0 Å². The number of halogens is 2. The molecule has 0 aliphatic carbocycles. The van der Waals surface area contributed by atoms with Crippen LogP contribution in [0.4, 0.5) is 5.95 Å². The molecule has 10 heteroatoms. The highest BCUT2D eigenvalue weighted by Crippen LogP contribution is 2.42. The predicted octanol–water partition coefficient (Wildman–Crippen LogP) is 3.91. The second kappa shape index (κ2) is 7.84. The molecule has 7 nitrogen and oxygen atoms in total. The fraction of sp³-hybridized carbons (Fsp3) is 0.450. The number of aromatic nitrogens is 4. The molecule has 0 radical (unpaired) electrons. The Morgan fingerprint density at radius 1 is 1.17 bits per heavy atom. The van der Waals surface area contributed by atoms with Crippen LogP contribution in [-0.4, -0.2) is 51.2 Å². The maximum atomic E-state index is 6.46. The highest BCUT2D eigenvalue weighted by atomic mass is 35.5. The summed E-state index contributed by atoms with van der Waals surface area (Å²) in [5.41, 5.74) is 7.38. The van der Waals surface area contributed by atoms with Crippen molar-refractivity contribution < 1.29 is 4.74 Å². The first-order valence-electron chi connectivity index (χ1n) is 9.90. The smallest absolute Gasteiger partial charge is 0.211 e. The minimum absolute atomic E-state index is 0.0805. The maximum absolute atomic E-state index is 6.46. The number of nitrogens with two attached hydrogens (primary N) is 1. The molecule has 30 heavy (non-hydrogen) atoms. The van der Waals surface area contributed by atoms with Crippen molar-refractivity contribution >= 4 is 46.6 Å². The van der Waals surface area contributed by atoms with Crippen molar-refractivity contribution in [3.05, 3.63) is 41.0 Å². The summed E-state index contributed by atoms with van der Waals surface area (Å²) in [6, 6.07) is 1.93. The Morgan fingerprint density at radius 3 is 2.70 bits per heavy atom. The van der Waals surface area contributed by atoms with Crippen molar-refractivity contribution in [1.82, 2.24) is 19.4 Å². The molecule has 5 heterocycles. The minimum Gasteiger partial charge on any atom is -0.376 e. The highest BCUT2D eigenvalue weighted by molar-refractivity contribution is 7.99. The van der Waals surface area contributed by atoms with Gasteiger partial charge in [-0.3, -0.25) is 4.40 Å². The zero-order chi connectivity index (χ0) is 20.9. The van der Waals surface area contributed by atoms with Crippen LogP contribution in [0.5, 0.6) is 0 Å². The molecule has 2 saturated heterocycles. The lowest BCUT2D eigenvalue weighted by atomic mass is 9.73. The molecule has 3 aromatic heterocycles. The Labute approximate surface area is 188 Å². The molecular formula is C20H22Cl2N6OS. The van der Waals surface area contributed by atoms with Crippen LogP contribution in [0.2, 0.25) is 10.2 Å². The molecule has 5 rings (SSSR count). The molecule has 2 aliphatic rings. The third kappa shape index (κ3) is 3.35. The molecule has 158 valence electrons. The average Bonchev–Trinajstić information content (AvgIpc) is 3.35. The Hall–Kier alpha value is -1.58. The van der Waals surface area contributed by atoms with E-state index in [4.69, 9.17) is 38.7 Å². The SMILES string of the molecule is C[C@@H]1OCC2(CCN(c3ncc(Sc4ccnc(Cl)c4Cl)c4nccn34)CC2)[C@@H]1N. The van der Waals surface area contributed by atoms with Crippen molar-refractivity contribution in [3.63, 3.8) is 0 Å². The second-order valence-electron chi connectivity index (χ2n) is 7.95.